The molecule has 1 aromatic carbocycles. The van der Waals surface area contributed by atoms with Crippen molar-refractivity contribution in [3.63, 3.8) is 0 Å². The Morgan fingerprint density at radius 3 is 2.60 bits per heavy atom. The van der Waals surface area contributed by atoms with Crippen LogP contribution in [0.2, 0.25) is 5.02 Å². The fourth-order valence-corrected chi connectivity index (χ4v) is 6.66. The molecule has 6 nitrogen and oxygen atoms in total. The molecule has 2 aromatic rings. The van der Waals surface area contributed by atoms with Gasteiger partial charge in [0.2, 0.25) is 0 Å². The van der Waals surface area contributed by atoms with Gasteiger partial charge in [-0.05, 0) is 81.0 Å². The first-order valence-electron chi connectivity index (χ1n) is 10.3. The third-order valence-electron chi connectivity index (χ3n) is 7.31. The van der Waals surface area contributed by atoms with Crippen molar-refractivity contribution in [2.75, 3.05) is 5.32 Å². The largest absolute Gasteiger partial charge is 0.481 e. The molecule has 158 valence electrons. The highest BCUT2D eigenvalue weighted by Crippen LogP contribution is 2.63. The molecule has 4 fully saturated rings. The molecule has 4 saturated carbocycles. The van der Waals surface area contributed by atoms with Crippen LogP contribution in [-0.4, -0.2) is 20.9 Å². The van der Waals surface area contributed by atoms with Gasteiger partial charge in [-0.15, -0.1) is 0 Å². The van der Waals surface area contributed by atoms with E-state index in [1.165, 1.54) is 23.0 Å². The number of nitrogens with one attached hydrogen (secondary N) is 1. The molecule has 2 unspecified atom stereocenters. The number of hydrogen-bond acceptors (Lipinski definition) is 4. The van der Waals surface area contributed by atoms with Gasteiger partial charge in [0.1, 0.15) is 10.8 Å². The summed E-state index contributed by atoms with van der Waals surface area (Å²) in [5.74, 6) is -0.499. The molecule has 4 aliphatic rings. The molecule has 2 N–H and O–H groups in total. The number of aryl methyl sites for hydroxylation is 1. The SMILES string of the molecule is Cc1cc(F)ccc1Nc1cnn(C23CC4CC(CC(C(=O)O)(C4)C2)C3)c(=O)c1Cl. The minimum absolute atomic E-state index is 0.00819. The Kier molecular flexibility index (Phi) is 4.26. The first-order valence-corrected chi connectivity index (χ1v) is 10.6. The number of carbonyl (C=O) groups is 1. The van der Waals surface area contributed by atoms with Gasteiger partial charge in [-0.2, -0.15) is 5.10 Å². The Morgan fingerprint density at radius 2 is 1.97 bits per heavy atom. The molecular formula is C22H23ClFN3O3. The van der Waals surface area contributed by atoms with E-state index >= 15 is 0 Å². The van der Waals surface area contributed by atoms with Crippen molar-refractivity contribution in [2.24, 2.45) is 17.3 Å². The fourth-order valence-electron chi connectivity index (χ4n) is 6.48. The predicted octanol–water partition coefficient (Wildman–Crippen LogP) is 4.47. The highest BCUT2D eigenvalue weighted by Gasteiger charge is 2.62. The Bertz CT molecular complexity index is 1100. The van der Waals surface area contributed by atoms with E-state index in [1.54, 1.807) is 13.0 Å². The average Bonchev–Trinajstić information content (AvgIpc) is 2.66. The van der Waals surface area contributed by atoms with E-state index in [9.17, 15) is 19.1 Å². The molecule has 0 saturated heterocycles. The van der Waals surface area contributed by atoms with Crippen LogP contribution in [0.1, 0.15) is 44.1 Å². The van der Waals surface area contributed by atoms with Gasteiger partial charge < -0.3 is 10.4 Å². The van der Waals surface area contributed by atoms with Crippen molar-refractivity contribution < 1.29 is 14.3 Å². The van der Waals surface area contributed by atoms with Crippen LogP contribution in [-0.2, 0) is 10.3 Å². The lowest BCUT2D eigenvalue weighted by Crippen LogP contribution is -2.61. The maximum absolute atomic E-state index is 13.4. The number of anilines is 2. The van der Waals surface area contributed by atoms with Crippen LogP contribution in [0.5, 0.6) is 0 Å². The molecule has 30 heavy (non-hydrogen) atoms. The number of aliphatic carboxylic acids is 1. The number of nitrogens with zero attached hydrogens (tertiary/aromatic N) is 2. The van der Waals surface area contributed by atoms with Crippen molar-refractivity contribution in [1.29, 1.82) is 0 Å². The first kappa shape index (κ1) is 19.5. The summed E-state index contributed by atoms with van der Waals surface area (Å²) in [5, 5.41) is 17.5. The summed E-state index contributed by atoms with van der Waals surface area (Å²) in [6.07, 6.45) is 5.88. The Balaban J connectivity index is 1.53. The van der Waals surface area contributed by atoms with Gasteiger partial charge in [0, 0.05) is 5.69 Å². The van der Waals surface area contributed by atoms with E-state index in [-0.39, 0.29) is 10.8 Å². The Morgan fingerprint density at radius 1 is 1.27 bits per heavy atom. The van der Waals surface area contributed by atoms with Crippen molar-refractivity contribution in [3.05, 3.63) is 51.2 Å². The molecule has 0 amide bonds. The quantitative estimate of drug-likeness (QED) is 0.746. The summed E-state index contributed by atoms with van der Waals surface area (Å²) in [7, 11) is 0. The summed E-state index contributed by atoms with van der Waals surface area (Å²) in [4.78, 5) is 25.4. The van der Waals surface area contributed by atoms with Crippen LogP contribution in [0.25, 0.3) is 0 Å². The van der Waals surface area contributed by atoms with Crippen LogP contribution in [0.15, 0.2) is 29.2 Å². The minimum Gasteiger partial charge on any atom is -0.481 e. The summed E-state index contributed by atoms with van der Waals surface area (Å²) < 4.78 is 14.8. The summed E-state index contributed by atoms with van der Waals surface area (Å²) in [6.45, 7) is 1.76. The molecule has 4 bridgehead atoms. The lowest BCUT2D eigenvalue weighted by molar-refractivity contribution is -0.173. The highest BCUT2D eigenvalue weighted by atomic mass is 35.5. The number of halogens is 2. The minimum atomic E-state index is -0.764. The maximum Gasteiger partial charge on any atom is 0.309 e. The number of carboxylic acids is 1. The normalized spacial score (nSPS) is 31.7. The van der Waals surface area contributed by atoms with Gasteiger partial charge in [-0.1, -0.05) is 11.6 Å². The molecule has 0 spiro atoms. The number of carboxylic acid groups (broad SMARTS) is 1. The second kappa shape index (κ2) is 6.54. The second-order valence-electron chi connectivity index (χ2n) is 9.44. The van der Waals surface area contributed by atoms with E-state index in [1.807, 2.05) is 0 Å². The van der Waals surface area contributed by atoms with Crippen LogP contribution < -0.4 is 10.9 Å². The van der Waals surface area contributed by atoms with E-state index < -0.39 is 22.5 Å². The standard InChI is InChI=1S/C22H23ClFN3O3/c1-12-4-15(24)2-3-16(12)26-17-10-25-27(19(28)18(17)23)22-8-13-5-14(9-22)7-21(6-13,11-22)20(29)30/h2-4,10,13-14,26H,5-9,11H2,1H3,(H,29,30). The third kappa shape index (κ3) is 2.86. The van der Waals surface area contributed by atoms with Gasteiger partial charge >= 0.3 is 5.97 Å². The molecular weight excluding hydrogens is 409 g/mol. The molecule has 8 heteroatoms. The molecule has 6 rings (SSSR count). The van der Waals surface area contributed by atoms with Crippen molar-refractivity contribution in [1.82, 2.24) is 9.78 Å². The Labute approximate surface area is 178 Å². The zero-order chi connectivity index (χ0) is 21.3. The van der Waals surface area contributed by atoms with E-state index in [0.29, 0.717) is 48.0 Å². The molecule has 4 aliphatic carbocycles. The van der Waals surface area contributed by atoms with Crippen LogP contribution >= 0.6 is 11.6 Å². The number of rotatable bonds is 4. The van der Waals surface area contributed by atoms with Gasteiger partial charge in [0.15, 0.2) is 0 Å². The summed E-state index contributed by atoms with van der Waals surface area (Å²) in [5.41, 5.74) is -0.0984. The van der Waals surface area contributed by atoms with Crippen molar-refractivity contribution >= 4 is 28.9 Å². The molecule has 1 heterocycles. The Hall–Kier alpha value is -2.41. The maximum atomic E-state index is 13.4. The fraction of sp³-hybridized carbons (Fsp3) is 0.500. The van der Waals surface area contributed by atoms with Gasteiger partial charge in [-0.3, -0.25) is 9.59 Å². The van der Waals surface area contributed by atoms with Gasteiger partial charge in [-0.25, -0.2) is 9.07 Å². The number of benzene rings is 1. The smallest absolute Gasteiger partial charge is 0.309 e. The third-order valence-corrected chi connectivity index (χ3v) is 7.68. The lowest BCUT2D eigenvalue weighted by atomic mass is 9.47. The number of aromatic nitrogens is 2. The zero-order valence-electron chi connectivity index (χ0n) is 16.6. The van der Waals surface area contributed by atoms with Crippen LogP contribution in [0.4, 0.5) is 15.8 Å². The van der Waals surface area contributed by atoms with Crippen LogP contribution in [0.3, 0.4) is 0 Å². The summed E-state index contributed by atoms with van der Waals surface area (Å²) >= 11 is 6.44. The van der Waals surface area contributed by atoms with E-state index in [2.05, 4.69) is 10.4 Å². The average molecular weight is 432 g/mol. The van der Waals surface area contributed by atoms with E-state index in [4.69, 9.17) is 11.6 Å². The first-order chi connectivity index (χ1) is 14.2. The van der Waals surface area contributed by atoms with Crippen LogP contribution in [0, 0.1) is 30.0 Å². The van der Waals surface area contributed by atoms with Crippen molar-refractivity contribution in [2.45, 2.75) is 51.0 Å². The molecule has 1 aromatic heterocycles. The lowest BCUT2D eigenvalue weighted by Gasteiger charge is -2.60. The van der Waals surface area contributed by atoms with Gasteiger partial charge in [0.05, 0.1) is 22.8 Å². The van der Waals surface area contributed by atoms with E-state index in [0.717, 1.165) is 19.3 Å². The van der Waals surface area contributed by atoms with Crippen molar-refractivity contribution in [3.8, 4) is 0 Å². The molecule has 0 aliphatic heterocycles. The molecule has 2 atom stereocenters. The topological polar surface area (TPSA) is 84.2 Å². The van der Waals surface area contributed by atoms with Gasteiger partial charge in [0.25, 0.3) is 5.56 Å². The molecule has 0 radical (unpaired) electrons. The second-order valence-corrected chi connectivity index (χ2v) is 9.82. The zero-order valence-corrected chi connectivity index (χ0v) is 17.4. The number of hydrogen-bond donors (Lipinski definition) is 2. The highest BCUT2D eigenvalue weighted by molar-refractivity contribution is 6.33. The predicted molar refractivity (Wildman–Crippen MR) is 111 cm³/mol. The monoisotopic (exact) mass is 431 g/mol. The summed E-state index contributed by atoms with van der Waals surface area (Å²) in [6, 6.07) is 4.31.